The fourth-order valence-electron chi connectivity index (χ4n) is 4.77. The molecule has 6 nitrogen and oxygen atoms in total. The molecular formula is C25H29N3O3S2. The van der Waals surface area contributed by atoms with E-state index in [2.05, 4.69) is 0 Å². The van der Waals surface area contributed by atoms with Crippen LogP contribution in [0.25, 0.3) is 15.9 Å². The second kappa shape index (κ2) is 9.50. The molecule has 1 aliphatic heterocycles. The van der Waals surface area contributed by atoms with Crippen molar-refractivity contribution >= 4 is 39.2 Å². The molecule has 0 N–H and O–H groups in total. The number of fused-ring (bicyclic) bond motifs is 3. The average molecular weight is 484 g/mol. The molecule has 1 atom stereocenters. The summed E-state index contributed by atoms with van der Waals surface area (Å²) in [6.45, 7) is 6.10. The van der Waals surface area contributed by atoms with Crippen molar-refractivity contribution in [3.05, 3.63) is 45.1 Å². The van der Waals surface area contributed by atoms with Crippen LogP contribution < -0.4 is 10.3 Å². The maximum absolute atomic E-state index is 13.8. The first kappa shape index (κ1) is 22.5. The zero-order valence-electron chi connectivity index (χ0n) is 19.1. The first-order chi connectivity index (χ1) is 16.1. The average Bonchev–Trinajstić information content (AvgIpc) is 3.41. The highest BCUT2D eigenvalue weighted by molar-refractivity contribution is 8.00. The summed E-state index contributed by atoms with van der Waals surface area (Å²) < 4.78 is 7.27. The highest BCUT2D eigenvalue weighted by atomic mass is 32.2. The van der Waals surface area contributed by atoms with E-state index in [1.54, 1.807) is 15.9 Å². The summed E-state index contributed by atoms with van der Waals surface area (Å²) in [4.78, 5) is 35.9. The molecule has 5 rings (SSSR count). The number of hydrogen-bond acceptors (Lipinski definition) is 6. The van der Waals surface area contributed by atoms with Gasteiger partial charge in [-0.05, 0) is 82.2 Å². The van der Waals surface area contributed by atoms with Gasteiger partial charge in [0.15, 0.2) is 5.16 Å². The molecule has 2 aromatic heterocycles. The first-order valence-corrected chi connectivity index (χ1v) is 13.5. The highest BCUT2D eigenvalue weighted by Crippen LogP contribution is 2.37. The van der Waals surface area contributed by atoms with Crippen molar-refractivity contribution < 1.29 is 9.53 Å². The molecule has 2 aliphatic rings. The number of piperidine rings is 1. The lowest BCUT2D eigenvalue weighted by molar-refractivity contribution is -0.131. The van der Waals surface area contributed by atoms with Crippen LogP contribution >= 0.6 is 23.1 Å². The number of nitrogens with zero attached hydrogens (tertiary/aromatic N) is 3. The van der Waals surface area contributed by atoms with Crippen LogP contribution in [0.3, 0.4) is 0 Å². The predicted octanol–water partition coefficient (Wildman–Crippen LogP) is 4.83. The fourth-order valence-corrected chi connectivity index (χ4v) is 7.08. The van der Waals surface area contributed by atoms with Gasteiger partial charge in [0.1, 0.15) is 10.6 Å². The third kappa shape index (κ3) is 4.30. The Morgan fingerprint density at radius 3 is 2.64 bits per heavy atom. The Kier molecular flexibility index (Phi) is 6.47. The first-order valence-electron chi connectivity index (χ1n) is 11.8. The minimum atomic E-state index is -0.312. The Bertz CT molecular complexity index is 1230. The second-order valence-corrected chi connectivity index (χ2v) is 11.0. The quantitative estimate of drug-likeness (QED) is 0.371. The third-order valence-corrected chi connectivity index (χ3v) is 8.64. The summed E-state index contributed by atoms with van der Waals surface area (Å²) in [7, 11) is 0. The molecule has 174 valence electrons. The lowest BCUT2D eigenvalue weighted by Gasteiger charge is -2.29. The number of thioether (sulfide) groups is 1. The number of ether oxygens (including phenoxy) is 1. The molecule has 1 unspecified atom stereocenters. The normalized spacial score (nSPS) is 16.7. The van der Waals surface area contributed by atoms with Crippen LogP contribution in [0.1, 0.15) is 50.0 Å². The van der Waals surface area contributed by atoms with Gasteiger partial charge >= 0.3 is 0 Å². The Morgan fingerprint density at radius 1 is 1.15 bits per heavy atom. The number of amides is 1. The smallest absolute Gasteiger partial charge is 0.267 e. The van der Waals surface area contributed by atoms with Crippen molar-refractivity contribution in [3.63, 3.8) is 0 Å². The Hall–Kier alpha value is -2.32. The van der Waals surface area contributed by atoms with Crippen LogP contribution in [0.5, 0.6) is 5.75 Å². The summed E-state index contributed by atoms with van der Waals surface area (Å²) in [5.74, 6) is 0.892. The monoisotopic (exact) mass is 483 g/mol. The molecule has 1 saturated heterocycles. The minimum absolute atomic E-state index is 0.0383. The number of carbonyl (C=O) groups is 1. The number of rotatable bonds is 6. The maximum atomic E-state index is 13.8. The Labute approximate surface area is 202 Å². The van der Waals surface area contributed by atoms with E-state index in [1.165, 1.54) is 28.6 Å². The molecule has 3 aromatic rings. The van der Waals surface area contributed by atoms with Gasteiger partial charge in [-0.3, -0.25) is 14.2 Å². The molecule has 8 heteroatoms. The Balaban J connectivity index is 1.57. The minimum Gasteiger partial charge on any atom is -0.494 e. The number of aromatic nitrogens is 2. The van der Waals surface area contributed by atoms with E-state index in [4.69, 9.17) is 9.72 Å². The number of likely N-dealkylation sites (tertiary alicyclic amines) is 1. The van der Waals surface area contributed by atoms with Crippen LogP contribution in [0.4, 0.5) is 0 Å². The third-order valence-electron chi connectivity index (χ3n) is 6.41. The topological polar surface area (TPSA) is 64.4 Å². The molecular weight excluding hydrogens is 454 g/mol. The molecule has 0 saturated carbocycles. The zero-order valence-corrected chi connectivity index (χ0v) is 20.8. The van der Waals surface area contributed by atoms with Crippen LogP contribution in [-0.4, -0.2) is 45.3 Å². The second-order valence-electron chi connectivity index (χ2n) is 8.65. The highest BCUT2D eigenvalue weighted by Gasteiger charge is 2.28. The number of carbonyl (C=O) groups excluding carboxylic acids is 1. The lowest BCUT2D eigenvalue weighted by Crippen LogP contribution is -2.40. The SMILES string of the molecule is CCOc1ccc(-n2c(SC(C)C(=O)N3CCCCC3)nc3sc4c(c3c2=O)CCC4)cc1. The van der Waals surface area contributed by atoms with Crippen molar-refractivity contribution in [2.24, 2.45) is 0 Å². The van der Waals surface area contributed by atoms with E-state index in [1.807, 2.05) is 43.0 Å². The number of benzene rings is 1. The van der Waals surface area contributed by atoms with Crippen LogP contribution in [0.15, 0.2) is 34.2 Å². The van der Waals surface area contributed by atoms with Crippen molar-refractivity contribution in [1.29, 1.82) is 0 Å². The van der Waals surface area contributed by atoms with E-state index < -0.39 is 0 Å². The van der Waals surface area contributed by atoms with Crippen LogP contribution in [-0.2, 0) is 17.6 Å². The summed E-state index contributed by atoms with van der Waals surface area (Å²) in [6, 6.07) is 7.55. The van der Waals surface area contributed by atoms with Gasteiger partial charge < -0.3 is 9.64 Å². The fraction of sp³-hybridized carbons (Fsp3) is 0.480. The maximum Gasteiger partial charge on any atom is 0.267 e. The van der Waals surface area contributed by atoms with Gasteiger partial charge in [0.05, 0.1) is 22.9 Å². The largest absolute Gasteiger partial charge is 0.494 e. The van der Waals surface area contributed by atoms with Gasteiger partial charge in [-0.15, -0.1) is 11.3 Å². The summed E-state index contributed by atoms with van der Waals surface area (Å²) in [5, 5.41) is 1.02. The standard InChI is InChI=1S/C25H29N3O3S2/c1-3-31-18-12-10-17(11-13-18)28-24(30)21-19-8-7-9-20(19)33-22(21)26-25(28)32-16(2)23(29)27-14-5-4-6-15-27/h10-13,16H,3-9,14-15H2,1-2H3. The van der Waals surface area contributed by atoms with Crippen molar-refractivity contribution in [2.75, 3.05) is 19.7 Å². The summed E-state index contributed by atoms with van der Waals surface area (Å²) in [5.41, 5.74) is 1.88. The summed E-state index contributed by atoms with van der Waals surface area (Å²) >= 11 is 3.03. The van der Waals surface area contributed by atoms with Gasteiger partial charge in [0.2, 0.25) is 5.91 Å². The van der Waals surface area contributed by atoms with E-state index in [-0.39, 0.29) is 16.7 Å². The van der Waals surface area contributed by atoms with Gasteiger partial charge in [-0.25, -0.2) is 4.98 Å². The summed E-state index contributed by atoms with van der Waals surface area (Å²) in [6.07, 6.45) is 6.36. The van der Waals surface area contributed by atoms with Gasteiger partial charge in [-0.2, -0.15) is 0 Å². The number of hydrogen-bond donors (Lipinski definition) is 0. The van der Waals surface area contributed by atoms with Gasteiger partial charge in [0, 0.05) is 18.0 Å². The lowest BCUT2D eigenvalue weighted by atomic mass is 10.1. The molecule has 0 spiro atoms. The van der Waals surface area contributed by atoms with E-state index in [0.717, 1.165) is 66.8 Å². The molecule has 1 aromatic carbocycles. The molecule has 0 bridgehead atoms. The van der Waals surface area contributed by atoms with Crippen molar-refractivity contribution in [3.8, 4) is 11.4 Å². The van der Waals surface area contributed by atoms with Gasteiger partial charge in [0.25, 0.3) is 5.56 Å². The number of aryl methyl sites for hydroxylation is 2. The molecule has 3 heterocycles. The van der Waals surface area contributed by atoms with Crippen LogP contribution in [0, 0.1) is 0 Å². The zero-order chi connectivity index (χ0) is 22.9. The molecule has 0 radical (unpaired) electrons. The Morgan fingerprint density at radius 2 is 1.91 bits per heavy atom. The molecule has 1 aliphatic carbocycles. The van der Waals surface area contributed by atoms with E-state index >= 15 is 0 Å². The van der Waals surface area contributed by atoms with Crippen molar-refractivity contribution in [2.45, 2.75) is 62.8 Å². The van der Waals surface area contributed by atoms with Crippen LogP contribution in [0.2, 0.25) is 0 Å². The number of thiophene rings is 1. The molecule has 33 heavy (non-hydrogen) atoms. The van der Waals surface area contributed by atoms with E-state index in [9.17, 15) is 9.59 Å². The molecule has 1 fully saturated rings. The predicted molar refractivity (Wildman–Crippen MR) is 134 cm³/mol. The van der Waals surface area contributed by atoms with Crippen molar-refractivity contribution in [1.82, 2.24) is 14.5 Å². The molecule has 1 amide bonds. The van der Waals surface area contributed by atoms with Gasteiger partial charge in [-0.1, -0.05) is 11.8 Å². The van der Waals surface area contributed by atoms with E-state index in [0.29, 0.717) is 11.8 Å².